The molecular formula is C12H14N4O2S. The molecule has 0 saturated carbocycles. The molecule has 2 heterocycles. The number of nitro benzene ring substituents is 1. The molecule has 0 aliphatic carbocycles. The van der Waals surface area contributed by atoms with Gasteiger partial charge in [0.15, 0.2) is 5.13 Å². The van der Waals surface area contributed by atoms with E-state index < -0.39 is 4.92 Å². The molecule has 0 bridgehead atoms. The monoisotopic (exact) mass is 278 g/mol. The smallest absolute Gasteiger partial charge is 0.271 e. The van der Waals surface area contributed by atoms with E-state index in [-0.39, 0.29) is 5.69 Å². The highest BCUT2D eigenvalue weighted by atomic mass is 32.1. The van der Waals surface area contributed by atoms with Crippen LogP contribution in [0.25, 0.3) is 10.2 Å². The van der Waals surface area contributed by atoms with Crippen LogP contribution in [0.15, 0.2) is 18.2 Å². The first kappa shape index (κ1) is 12.3. The minimum atomic E-state index is -0.390. The molecule has 1 atom stereocenters. The Morgan fingerprint density at radius 1 is 1.58 bits per heavy atom. The number of nitrogens with zero attached hydrogens (tertiary/aromatic N) is 3. The van der Waals surface area contributed by atoms with Crippen molar-refractivity contribution in [1.82, 2.24) is 4.98 Å². The normalized spacial score (nSPS) is 19.2. The fourth-order valence-electron chi connectivity index (χ4n) is 2.35. The maximum absolute atomic E-state index is 10.7. The predicted molar refractivity (Wildman–Crippen MR) is 75.6 cm³/mol. The SMILES string of the molecule is NC[C@@H]1CCN(c2nc3cc([N+](=O)[O-])ccc3s2)C1. The minimum Gasteiger partial charge on any atom is -0.348 e. The van der Waals surface area contributed by atoms with Crippen molar-refractivity contribution in [1.29, 1.82) is 0 Å². The van der Waals surface area contributed by atoms with Crippen LogP contribution in [0.5, 0.6) is 0 Å². The molecule has 19 heavy (non-hydrogen) atoms. The molecule has 1 fully saturated rings. The van der Waals surface area contributed by atoms with Gasteiger partial charge in [0.25, 0.3) is 5.69 Å². The van der Waals surface area contributed by atoms with Gasteiger partial charge in [0.05, 0.1) is 15.1 Å². The van der Waals surface area contributed by atoms with E-state index >= 15 is 0 Å². The number of non-ortho nitro benzene ring substituents is 1. The molecule has 1 aliphatic heterocycles. The molecule has 0 amide bonds. The van der Waals surface area contributed by atoms with Crippen molar-refractivity contribution in [2.75, 3.05) is 24.5 Å². The number of aromatic nitrogens is 1. The van der Waals surface area contributed by atoms with Crippen molar-refractivity contribution in [2.45, 2.75) is 6.42 Å². The van der Waals surface area contributed by atoms with Crippen LogP contribution in [0.3, 0.4) is 0 Å². The van der Waals surface area contributed by atoms with Crippen LogP contribution in [0.2, 0.25) is 0 Å². The van der Waals surface area contributed by atoms with Crippen molar-refractivity contribution in [3.63, 3.8) is 0 Å². The lowest BCUT2D eigenvalue weighted by Gasteiger charge is -2.13. The van der Waals surface area contributed by atoms with Crippen LogP contribution in [0, 0.1) is 16.0 Å². The number of nitro groups is 1. The summed E-state index contributed by atoms with van der Waals surface area (Å²) < 4.78 is 0.983. The lowest BCUT2D eigenvalue weighted by molar-refractivity contribution is -0.384. The molecule has 2 N–H and O–H groups in total. The summed E-state index contributed by atoms with van der Waals surface area (Å²) in [5, 5.41) is 11.7. The summed E-state index contributed by atoms with van der Waals surface area (Å²) in [5.41, 5.74) is 6.47. The standard InChI is InChI=1S/C12H14N4O2S/c13-6-8-3-4-15(7-8)12-14-10-5-9(16(17)18)1-2-11(10)19-12/h1-2,5,8H,3-4,6-7,13H2/t8-/m0/s1. The fourth-order valence-corrected chi connectivity index (χ4v) is 3.33. The molecule has 1 aliphatic rings. The zero-order valence-corrected chi connectivity index (χ0v) is 11.1. The zero-order chi connectivity index (χ0) is 13.4. The molecule has 0 spiro atoms. The lowest BCUT2D eigenvalue weighted by Crippen LogP contribution is -2.22. The summed E-state index contributed by atoms with van der Waals surface area (Å²) in [5.74, 6) is 0.529. The molecule has 7 heteroatoms. The fraction of sp³-hybridized carbons (Fsp3) is 0.417. The van der Waals surface area contributed by atoms with Gasteiger partial charge in [-0.05, 0) is 24.9 Å². The number of hydrogen-bond acceptors (Lipinski definition) is 6. The summed E-state index contributed by atoms with van der Waals surface area (Å²) in [7, 11) is 0. The van der Waals surface area contributed by atoms with Crippen molar-refractivity contribution < 1.29 is 4.92 Å². The van der Waals surface area contributed by atoms with Gasteiger partial charge >= 0.3 is 0 Å². The number of nitrogens with two attached hydrogens (primary N) is 1. The summed E-state index contributed by atoms with van der Waals surface area (Å²) in [6.45, 7) is 2.59. The van der Waals surface area contributed by atoms with Crippen LogP contribution in [0.1, 0.15) is 6.42 Å². The third-order valence-corrected chi connectivity index (χ3v) is 4.56. The third-order valence-electron chi connectivity index (χ3n) is 3.46. The van der Waals surface area contributed by atoms with E-state index in [0.29, 0.717) is 18.0 Å². The Morgan fingerprint density at radius 2 is 2.42 bits per heavy atom. The summed E-state index contributed by atoms with van der Waals surface area (Å²) in [4.78, 5) is 17.1. The van der Waals surface area contributed by atoms with Gasteiger partial charge in [0.2, 0.25) is 0 Å². The number of hydrogen-bond donors (Lipinski definition) is 1. The second kappa shape index (κ2) is 4.75. The van der Waals surface area contributed by atoms with Crippen molar-refractivity contribution in [3.05, 3.63) is 28.3 Å². The van der Waals surface area contributed by atoms with E-state index in [9.17, 15) is 10.1 Å². The zero-order valence-electron chi connectivity index (χ0n) is 10.3. The van der Waals surface area contributed by atoms with Gasteiger partial charge in [-0.1, -0.05) is 11.3 Å². The van der Waals surface area contributed by atoms with Crippen LogP contribution < -0.4 is 10.6 Å². The molecule has 1 aromatic heterocycles. The largest absolute Gasteiger partial charge is 0.348 e. The maximum atomic E-state index is 10.7. The first-order valence-corrected chi connectivity index (χ1v) is 6.99. The highest BCUT2D eigenvalue weighted by Crippen LogP contribution is 2.33. The summed E-state index contributed by atoms with van der Waals surface area (Å²) in [6.07, 6.45) is 1.09. The lowest BCUT2D eigenvalue weighted by atomic mass is 10.1. The molecular weight excluding hydrogens is 264 g/mol. The quantitative estimate of drug-likeness (QED) is 0.685. The number of rotatable bonds is 3. The predicted octanol–water partition coefficient (Wildman–Crippen LogP) is 1.99. The van der Waals surface area contributed by atoms with Gasteiger partial charge < -0.3 is 10.6 Å². The van der Waals surface area contributed by atoms with E-state index in [2.05, 4.69) is 9.88 Å². The first-order chi connectivity index (χ1) is 9.17. The Labute approximate surface area is 114 Å². The second-order valence-corrected chi connectivity index (χ2v) is 5.75. The third kappa shape index (κ3) is 2.26. The molecule has 0 radical (unpaired) electrons. The Balaban J connectivity index is 1.91. The van der Waals surface area contributed by atoms with E-state index in [1.54, 1.807) is 17.4 Å². The molecule has 2 aromatic rings. The number of benzene rings is 1. The van der Waals surface area contributed by atoms with Crippen molar-refractivity contribution in [3.8, 4) is 0 Å². The van der Waals surface area contributed by atoms with Crippen molar-refractivity contribution in [2.24, 2.45) is 11.7 Å². The van der Waals surface area contributed by atoms with Crippen LogP contribution in [-0.4, -0.2) is 29.5 Å². The van der Waals surface area contributed by atoms with E-state index in [1.807, 2.05) is 0 Å². The van der Waals surface area contributed by atoms with E-state index in [1.165, 1.54) is 12.1 Å². The Kier molecular flexibility index (Phi) is 3.08. The highest BCUT2D eigenvalue weighted by molar-refractivity contribution is 7.22. The number of fused-ring (bicyclic) bond motifs is 1. The van der Waals surface area contributed by atoms with Crippen molar-refractivity contribution >= 4 is 32.4 Å². The maximum Gasteiger partial charge on any atom is 0.271 e. The van der Waals surface area contributed by atoms with Gasteiger partial charge in [-0.2, -0.15) is 0 Å². The number of thiazole rings is 1. The first-order valence-electron chi connectivity index (χ1n) is 6.17. The second-order valence-electron chi connectivity index (χ2n) is 4.74. The van der Waals surface area contributed by atoms with Crippen LogP contribution >= 0.6 is 11.3 Å². The average Bonchev–Trinajstić information content (AvgIpc) is 3.03. The Hall–Kier alpha value is -1.73. The van der Waals surface area contributed by atoms with Gasteiger partial charge in [-0.3, -0.25) is 10.1 Å². The molecule has 100 valence electrons. The summed E-state index contributed by atoms with van der Waals surface area (Å²) in [6, 6.07) is 4.83. The van der Waals surface area contributed by atoms with Gasteiger partial charge in [0, 0.05) is 25.2 Å². The Bertz CT molecular complexity index is 627. The highest BCUT2D eigenvalue weighted by Gasteiger charge is 2.24. The van der Waals surface area contributed by atoms with Gasteiger partial charge in [-0.15, -0.1) is 0 Å². The van der Waals surface area contributed by atoms with E-state index in [4.69, 9.17) is 5.73 Å². The Morgan fingerprint density at radius 3 is 3.11 bits per heavy atom. The number of anilines is 1. The van der Waals surface area contributed by atoms with Crippen LogP contribution in [-0.2, 0) is 0 Å². The molecule has 1 aromatic carbocycles. The van der Waals surface area contributed by atoms with Gasteiger partial charge in [0.1, 0.15) is 0 Å². The molecule has 3 rings (SSSR count). The molecule has 0 unspecified atom stereocenters. The van der Waals surface area contributed by atoms with Gasteiger partial charge in [-0.25, -0.2) is 4.98 Å². The van der Waals surface area contributed by atoms with E-state index in [0.717, 1.165) is 29.3 Å². The topological polar surface area (TPSA) is 85.3 Å². The molecule has 6 nitrogen and oxygen atoms in total. The molecule has 1 saturated heterocycles. The minimum absolute atomic E-state index is 0.0885. The summed E-state index contributed by atoms with van der Waals surface area (Å²) >= 11 is 1.58. The van der Waals surface area contributed by atoms with Crippen LogP contribution in [0.4, 0.5) is 10.8 Å². The average molecular weight is 278 g/mol.